The molecule has 4 nitrogen and oxygen atoms in total. The van der Waals surface area contributed by atoms with Gasteiger partial charge in [-0.05, 0) is 43.0 Å². The number of rotatable bonds is 6. The number of benzene rings is 2. The molecule has 0 radical (unpaired) electrons. The summed E-state index contributed by atoms with van der Waals surface area (Å²) in [5.41, 5.74) is 0.591. The van der Waals surface area contributed by atoms with E-state index in [0.717, 1.165) is 19.4 Å². The smallest absolute Gasteiger partial charge is 0.257 e. The molecule has 5 heteroatoms. The van der Waals surface area contributed by atoms with Crippen LogP contribution in [0.2, 0.25) is 0 Å². The van der Waals surface area contributed by atoms with Crippen LogP contribution >= 0.6 is 0 Å². The Labute approximate surface area is 147 Å². The van der Waals surface area contributed by atoms with Gasteiger partial charge < -0.3 is 14.4 Å². The molecule has 0 spiro atoms. The SMILES string of the molecule is COc1ccccc1C(=O)N1CCC(CCOc2ccccc2F)C1. The predicted octanol–water partition coefficient (Wildman–Crippen LogP) is 3.77. The normalized spacial score (nSPS) is 16.7. The van der Waals surface area contributed by atoms with E-state index >= 15 is 0 Å². The zero-order valence-electron chi connectivity index (χ0n) is 14.3. The summed E-state index contributed by atoms with van der Waals surface area (Å²) in [4.78, 5) is 14.5. The maximum Gasteiger partial charge on any atom is 0.257 e. The Kier molecular flexibility index (Phi) is 5.53. The summed E-state index contributed by atoms with van der Waals surface area (Å²) in [5.74, 6) is 0.892. The average molecular weight is 343 g/mol. The molecule has 1 atom stereocenters. The van der Waals surface area contributed by atoms with Crippen LogP contribution in [0.3, 0.4) is 0 Å². The van der Waals surface area contributed by atoms with E-state index in [1.807, 2.05) is 17.0 Å². The monoisotopic (exact) mass is 343 g/mol. The van der Waals surface area contributed by atoms with E-state index in [-0.39, 0.29) is 17.5 Å². The maximum absolute atomic E-state index is 13.5. The van der Waals surface area contributed by atoms with Crippen molar-refractivity contribution in [3.05, 3.63) is 59.9 Å². The maximum atomic E-state index is 13.5. The molecule has 25 heavy (non-hydrogen) atoms. The van der Waals surface area contributed by atoms with Crippen LogP contribution in [0.1, 0.15) is 23.2 Å². The van der Waals surface area contributed by atoms with Gasteiger partial charge in [-0.25, -0.2) is 4.39 Å². The van der Waals surface area contributed by atoms with Crippen LogP contribution in [0.5, 0.6) is 11.5 Å². The molecule has 1 fully saturated rings. The minimum absolute atomic E-state index is 0.00466. The Morgan fingerprint density at radius 3 is 2.64 bits per heavy atom. The zero-order valence-corrected chi connectivity index (χ0v) is 14.3. The quantitative estimate of drug-likeness (QED) is 0.801. The van der Waals surface area contributed by atoms with Crippen LogP contribution in [0.4, 0.5) is 4.39 Å². The van der Waals surface area contributed by atoms with Crippen molar-refractivity contribution < 1.29 is 18.7 Å². The Morgan fingerprint density at radius 2 is 1.88 bits per heavy atom. The standard InChI is InChI=1S/C20H22FNO3/c1-24-18-8-4-2-6-16(18)20(23)22-12-10-15(14-22)11-13-25-19-9-5-3-7-17(19)21/h2-9,15H,10-14H2,1H3. The molecule has 1 heterocycles. The molecule has 1 amide bonds. The zero-order chi connectivity index (χ0) is 17.6. The summed E-state index contributed by atoms with van der Waals surface area (Å²) in [6, 6.07) is 13.7. The second-order valence-corrected chi connectivity index (χ2v) is 6.17. The minimum Gasteiger partial charge on any atom is -0.496 e. The summed E-state index contributed by atoms with van der Waals surface area (Å²) >= 11 is 0. The second-order valence-electron chi connectivity index (χ2n) is 6.17. The number of carbonyl (C=O) groups excluding carboxylic acids is 1. The van der Waals surface area contributed by atoms with E-state index < -0.39 is 0 Å². The highest BCUT2D eigenvalue weighted by molar-refractivity contribution is 5.97. The first-order chi connectivity index (χ1) is 12.2. The molecule has 1 saturated heterocycles. The number of likely N-dealkylation sites (tertiary alicyclic amines) is 1. The minimum atomic E-state index is -0.345. The number of ether oxygens (including phenoxy) is 2. The lowest BCUT2D eigenvalue weighted by Crippen LogP contribution is -2.29. The highest BCUT2D eigenvalue weighted by Crippen LogP contribution is 2.25. The Hall–Kier alpha value is -2.56. The third-order valence-corrected chi connectivity index (χ3v) is 4.53. The number of methoxy groups -OCH3 is 1. The molecule has 132 valence electrons. The topological polar surface area (TPSA) is 38.8 Å². The first kappa shape index (κ1) is 17.3. The number of carbonyl (C=O) groups is 1. The summed E-state index contributed by atoms with van der Waals surface area (Å²) in [5, 5.41) is 0. The van der Waals surface area contributed by atoms with E-state index in [2.05, 4.69) is 0 Å². The van der Waals surface area contributed by atoms with Gasteiger partial charge in [0.25, 0.3) is 5.91 Å². The van der Waals surface area contributed by atoms with E-state index in [4.69, 9.17) is 9.47 Å². The largest absolute Gasteiger partial charge is 0.496 e. The van der Waals surface area contributed by atoms with Crippen molar-refractivity contribution in [3.63, 3.8) is 0 Å². The van der Waals surface area contributed by atoms with Crippen molar-refractivity contribution in [2.24, 2.45) is 5.92 Å². The lowest BCUT2D eigenvalue weighted by atomic mass is 10.1. The number of amides is 1. The van der Waals surface area contributed by atoms with Crippen molar-refractivity contribution >= 4 is 5.91 Å². The first-order valence-corrected chi connectivity index (χ1v) is 8.48. The van der Waals surface area contributed by atoms with E-state index in [9.17, 15) is 9.18 Å². The number of hydrogen-bond donors (Lipinski definition) is 0. The fraction of sp³-hybridized carbons (Fsp3) is 0.350. The molecule has 0 bridgehead atoms. The van der Waals surface area contributed by atoms with Gasteiger partial charge in [0, 0.05) is 13.1 Å². The van der Waals surface area contributed by atoms with Gasteiger partial charge in [-0.15, -0.1) is 0 Å². The average Bonchev–Trinajstić information content (AvgIpc) is 3.11. The van der Waals surface area contributed by atoms with E-state index in [1.54, 1.807) is 37.4 Å². The Balaban J connectivity index is 1.51. The molecular weight excluding hydrogens is 321 g/mol. The number of hydrogen-bond acceptors (Lipinski definition) is 3. The van der Waals surface area contributed by atoms with Crippen molar-refractivity contribution in [2.45, 2.75) is 12.8 Å². The molecule has 0 saturated carbocycles. The van der Waals surface area contributed by atoms with Gasteiger partial charge in [-0.3, -0.25) is 4.79 Å². The summed E-state index contributed by atoms with van der Waals surface area (Å²) in [7, 11) is 1.57. The predicted molar refractivity (Wildman–Crippen MR) is 93.5 cm³/mol. The lowest BCUT2D eigenvalue weighted by Gasteiger charge is -2.18. The van der Waals surface area contributed by atoms with Gasteiger partial charge in [-0.1, -0.05) is 24.3 Å². The number of nitrogens with zero attached hydrogens (tertiary/aromatic N) is 1. The molecule has 0 aromatic heterocycles. The van der Waals surface area contributed by atoms with Crippen LogP contribution in [-0.2, 0) is 0 Å². The van der Waals surface area contributed by atoms with Gasteiger partial charge in [-0.2, -0.15) is 0 Å². The Bertz CT molecular complexity index is 734. The molecule has 3 rings (SSSR count). The van der Waals surface area contributed by atoms with Gasteiger partial charge in [0.1, 0.15) is 5.75 Å². The molecule has 0 aliphatic carbocycles. The van der Waals surface area contributed by atoms with Crippen LogP contribution in [0.15, 0.2) is 48.5 Å². The number of para-hydroxylation sites is 2. The van der Waals surface area contributed by atoms with Crippen molar-refractivity contribution in [1.29, 1.82) is 0 Å². The van der Waals surface area contributed by atoms with Gasteiger partial charge in [0.15, 0.2) is 11.6 Å². The highest BCUT2D eigenvalue weighted by Gasteiger charge is 2.28. The van der Waals surface area contributed by atoms with Crippen molar-refractivity contribution in [3.8, 4) is 11.5 Å². The fourth-order valence-electron chi connectivity index (χ4n) is 3.14. The summed E-state index contributed by atoms with van der Waals surface area (Å²) < 4.78 is 24.3. The third kappa shape index (κ3) is 4.10. The molecular formula is C20H22FNO3. The van der Waals surface area contributed by atoms with Crippen molar-refractivity contribution in [1.82, 2.24) is 4.90 Å². The van der Waals surface area contributed by atoms with E-state index in [0.29, 0.717) is 30.4 Å². The van der Waals surface area contributed by atoms with Crippen LogP contribution in [-0.4, -0.2) is 37.6 Å². The van der Waals surface area contributed by atoms with Crippen molar-refractivity contribution in [2.75, 3.05) is 26.8 Å². The van der Waals surface area contributed by atoms with E-state index in [1.165, 1.54) is 6.07 Å². The highest BCUT2D eigenvalue weighted by atomic mass is 19.1. The molecule has 1 unspecified atom stereocenters. The summed E-state index contributed by atoms with van der Waals surface area (Å²) in [6.45, 7) is 1.86. The molecule has 2 aromatic carbocycles. The van der Waals surface area contributed by atoms with Gasteiger partial charge in [0.2, 0.25) is 0 Å². The third-order valence-electron chi connectivity index (χ3n) is 4.53. The van der Waals surface area contributed by atoms with Crippen LogP contribution in [0, 0.1) is 11.7 Å². The van der Waals surface area contributed by atoms with Crippen LogP contribution < -0.4 is 9.47 Å². The van der Waals surface area contributed by atoms with Gasteiger partial charge in [0.05, 0.1) is 19.3 Å². The summed E-state index contributed by atoms with van der Waals surface area (Å²) in [6.07, 6.45) is 1.73. The van der Waals surface area contributed by atoms with Crippen LogP contribution in [0.25, 0.3) is 0 Å². The Morgan fingerprint density at radius 1 is 1.16 bits per heavy atom. The fourth-order valence-corrected chi connectivity index (χ4v) is 3.14. The molecule has 0 N–H and O–H groups in total. The van der Waals surface area contributed by atoms with Gasteiger partial charge >= 0.3 is 0 Å². The number of halogens is 1. The lowest BCUT2D eigenvalue weighted by molar-refractivity contribution is 0.0782. The first-order valence-electron chi connectivity index (χ1n) is 8.48. The second kappa shape index (κ2) is 8.01. The molecule has 1 aliphatic heterocycles. The molecule has 1 aliphatic rings. The molecule has 2 aromatic rings.